The summed E-state index contributed by atoms with van der Waals surface area (Å²) in [6.07, 6.45) is 1.36. The number of carbonyl (C=O) groups excluding carboxylic acids is 1. The summed E-state index contributed by atoms with van der Waals surface area (Å²) in [5.41, 5.74) is 2.77. The molecule has 3 rings (SSSR count). The van der Waals surface area contributed by atoms with Gasteiger partial charge in [-0.25, -0.2) is 5.43 Å². The van der Waals surface area contributed by atoms with E-state index in [4.69, 9.17) is 9.47 Å². The van der Waals surface area contributed by atoms with Crippen LogP contribution in [-0.2, 0) is 0 Å². The second-order valence-electron chi connectivity index (χ2n) is 6.24. The molecule has 0 aliphatic rings. The minimum absolute atomic E-state index is 0.0626. The van der Waals surface area contributed by atoms with Gasteiger partial charge in [-0.15, -0.1) is 0 Å². The summed E-state index contributed by atoms with van der Waals surface area (Å²) < 4.78 is 10.9. The van der Waals surface area contributed by atoms with Crippen molar-refractivity contribution in [2.45, 2.75) is 0 Å². The van der Waals surface area contributed by atoms with Crippen LogP contribution < -0.4 is 14.9 Å². The van der Waals surface area contributed by atoms with Gasteiger partial charge in [-0.3, -0.25) is 25.0 Å². The highest BCUT2D eigenvalue weighted by Gasteiger charge is 2.16. The van der Waals surface area contributed by atoms with Crippen LogP contribution in [-0.4, -0.2) is 29.1 Å². The van der Waals surface area contributed by atoms with Crippen LogP contribution in [0.4, 0.5) is 11.4 Å². The minimum atomic E-state index is -0.559. The standard InChI is InChI=1S/C21H16N4O7/c1-31-20-12-14(6-11-19(20)32-18-5-3-2-4-17(18)25(29)30)13-22-23-21(26)15-7-9-16(10-8-15)24(27)28/h2-13H,1H3,(H,23,26)/b22-13-. The van der Waals surface area contributed by atoms with Crippen molar-refractivity contribution in [1.82, 2.24) is 5.43 Å². The van der Waals surface area contributed by atoms with Crippen LogP contribution in [0.3, 0.4) is 0 Å². The third-order valence-corrected chi connectivity index (χ3v) is 4.19. The zero-order chi connectivity index (χ0) is 23.1. The van der Waals surface area contributed by atoms with Gasteiger partial charge in [0.1, 0.15) is 0 Å². The Morgan fingerprint density at radius 2 is 1.66 bits per heavy atom. The molecule has 0 atom stereocenters. The molecule has 0 heterocycles. The summed E-state index contributed by atoms with van der Waals surface area (Å²) in [7, 11) is 1.42. The van der Waals surface area contributed by atoms with Gasteiger partial charge < -0.3 is 9.47 Å². The predicted molar refractivity (Wildman–Crippen MR) is 114 cm³/mol. The van der Waals surface area contributed by atoms with Crippen molar-refractivity contribution in [3.05, 3.63) is 98.1 Å². The molecule has 162 valence electrons. The maximum atomic E-state index is 12.1. The average Bonchev–Trinajstić information content (AvgIpc) is 2.80. The van der Waals surface area contributed by atoms with Crippen LogP contribution in [0.5, 0.6) is 17.2 Å². The summed E-state index contributed by atoms with van der Waals surface area (Å²) in [5, 5.41) is 25.7. The van der Waals surface area contributed by atoms with Gasteiger partial charge in [0.05, 0.1) is 23.2 Å². The van der Waals surface area contributed by atoms with E-state index in [-0.39, 0.29) is 28.4 Å². The third-order valence-electron chi connectivity index (χ3n) is 4.19. The van der Waals surface area contributed by atoms with Gasteiger partial charge in [0.2, 0.25) is 5.75 Å². The van der Waals surface area contributed by atoms with E-state index in [0.717, 1.165) is 0 Å². The summed E-state index contributed by atoms with van der Waals surface area (Å²) in [6, 6.07) is 15.8. The van der Waals surface area contributed by atoms with Gasteiger partial charge in [0.25, 0.3) is 11.6 Å². The van der Waals surface area contributed by atoms with Crippen LogP contribution in [0, 0.1) is 20.2 Å². The number of hydrogen-bond donors (Lipinski definition) is 1. The number of para-hydroxylation sites is 2. The molecule has 0 aromatic heterocycles. The predicted octanol–water partition coefficient (Wildman–Crippen LogP) is 4.07. The summed E-state index contributed by atoms with van der Waals surface area (Å²) >= 11 is 0. The summed E-state index contributed by atoms with van der Waals surface area (Å²) in [5.74, 6) is 0.0784. The fourth-order valence-corrected chi connectivity index (χ4v) is 2.63. The molecule has 0 saturated heterocycles. The number of amides is 1. The third kappa shape index (κ3) is 5.21. The number of rotatable bonds is 8. The van der Waals surface area contributed by atoms with Crippen molar-refractivity contribution >= 4 is 23.5 Å². The average molecular weight is 436 g/mol. The molecular formula is C21H16N4O7. The maximum Gasteiger partial charge on any atom is 0.311 e. The Hall–Kier alpha value is -4.80. The van der Waals surface area contributed by atoms with Gasteiger partial charge in [-0.05, 0) is 42.0 Å². The van der Waals surface area contributed by atoms with Crippen molar-refractivity contribution in [2.24, 2.45) is 5.10 Å². The van der Waals surface area contributed by atoms with Crippen LogP contribution in [0.15, 0.2) is 71.8 Å². The number of hydrogen-bond acceptors (Lipinski definition) is 8. The molecular weight excluding hydrogens is 420 g/mol. The molecule has 0 radical (unpaired) electrons. The molecule has 0 unspecified atom stereocenters. The Morgan fingerprint density at radius 3 is 2.31 bits per heavy atom. The number of nitrogens with zero attached hydrogens (tertiary/aromatic N) is 3. The van der Waals surface area contributed by atoms with Gasteiger partial charge in [0.15, 0.2) is 11.5 Å². The lowest BCUT2D eigenvalue weighted by Gasteiger charge is -2.11. The van der Waals surface area contributed by atoms with Crippen LogP contribution in [0.25, 0.3) is 0 Å². The lowest BCUT2D eigenvalue weighted by molar-refractivity contribution is -0.385. The maximum absolute atomic E-state index is 12.1. The molecule has 0 aliphatic heterocycles. The Labute approximate surface area is 181 Å². The molecule has 0 saturated carbocycles. The van der Waals surface area contributed by atoms with E-state index in [2.05, 4.69) is 10.5 Å². The molecule has 0 aliphatic carbocycles. The van der Waals surface area contributed by atoms with Crippen molar-refractivity contribution < 1.29 is 24.1 Å². The second kappa shape index (κ2) is 9.80. The van der Waals surface area contributed by atoms with Crippen molar-refractivity contribution in [2.75, 3.05) is 7.11 Å². The van der Waals surface area contributed by atoms with Crippen molar-refractivity contribution in [3.8, 4) is 17.2 Å². The largest absolute Gasteiger partial charge is 0.493 e. The van der Waals surface area contributed by atoms with Crippen LogP contribution in [0.1, 0.15) is 15.9 Å². The lowest BCUT2D eigenvalue weighted by Crippen LogP contribution is -2.17. The SMILES string of the molecule is COc1cc(/C=N\NC(=O)c2ccc([N+](=O)[O-])cc2)ccc1Oc1ccccc1[N+](=O)[O-]. The topological polar surface area (TPSA) is 146 Å². The number of non-ortho nitro benzene ring substituents is 1. The minimum Gasteiger partial charge on any atom is -0.493 e. The normalized spacial score (nSPS) is 10.5. The molecule has 3 aromatic carbocycles. The number of benzene rings is 3. The molecule has 1 N–H and O–H groups in total. The molecule has 0 spiro atoms. The number of ether oxygens (including phenoxy) is 2. The Morgan fingerprint density at radius 1 is 0.938 bits per heavy atom. The Kier molecular flexibility index (Phi) is 6.71. The molecule has 11 heteroatoms. The van der Waals surface area contributed by atoms with E-state index in [9.17, 15) is 25.0 Å². The van der Waals surface area contributed by atoms with Crippen molar-refractivity contribution in [3.63, 3.8) is 0 Å². The first-order valence-corrected chi connectivity index (χ1v) is 9.06. The van der Waals surface area contributed by atoms with E-state index in [1.807, 2.05) is 0 Å². The number of hydrazone groups is 1. The molecule has 0 fully saturated rings. The monoisotopic (exact) mass is 436 g/mol. The Bertz CT molecular complexity index is 1190. The number of methoxy groups -OCH3 is 1. The first-order valence-electron chi connectivity index (χ1n) is 9.06. The van der Waals surface area contributed by atoms with Gasteiger partial charge in [-0.1, -0.05) is 12.1 Å². The number of nitro groups is 2. The highest BCUT2D eigenvalue weighted by Crippen LogP contribution is 2.36. The van der Waals surface area contributed by atoms with E-state index >= 15 is 0 Å². The summed E-state index contributed by atoms with van der Waals surface area (Å²) in [6.45, 7) is 0. The number of nitrogens with one attached hydrogen (secondary N) is 1. The van der Waals surface area contributed by atoms with Gasteiger partial charge in [-0.2, -0.15) is 5.10 Å². The van der Waals surface area contributed by atoms with Crippen LogP contribution >= 0.6 is 0 Å². The van der Waals surface area contributed by atoms with Crippen molar-refractivity contribution in [1.29, 1.82) is 0 Å². The zero-order valence-electron chi connectivity index (χ0n) is 16.6. The van der Waals surface area contributed by atoms with E-state index in [1.54, 1.807) is 24.3 Å². The lowest BCUT2D eigenvalue weighted by atomic mass is 10.2. The quantitative estimate of drug-likeness (QED) is 0.318. The molecule has 3 aromatic rings. The highest BCUT2D eigenvalue weighted by molar-refractivity contribution is 5.95. The van der Waals surface area contributed by atoms with E-state index in [1.165, 1.54) is 55.8 Å². The van der Waals surface area contributed by atoms with Gasteiger partial charge in [0, 0.05) is 23.8 Å². The molecule has 11 nitrogen and oxygen atoms in total. The number of carbonyl (C=O) groups is 1. The highest BCUT2D eigenvalue weighted by atomic mass is 16.6. The fourth-order valence-electron chi connectivity index (χ4n) is 2.63. The first-order chi connectivity index (χ1) is 15.4. The first kappa shape index (κ1) is 21.9. The van der Waals surface area contributed by atoms with E-state index in [0.29, 0.717) is 11.3 Å². The zero-order valence-corrected chi connectivity index (χ0v) is 16.6. The van der Waals surface area contributed by atoms with Gasteiger partial charge >= 0.3 is 5.69 Å². The molecule has 1 amide bonds. The Balaban J connectivity index is 1.70. The summed E-state index contributed by atoms with van der Waals surface area (Å²) in [4.78, 5) is 32.8. The smallest absolute Gasteiger partial charge is 0.311 e. The fraction of sp³-hybridized carbons (Fsp3) is 0.0476. The van der Waals surface area contributed by atoms with Crippen LogP contribution in [0.2, 0.25) is 0 Å². The molecule has 32 heavy (non-hydrogen) atoms. The second-order valence-corrected chi connectivity index (χ2v) is 6.24. The molecule has 0 bridgehead atoms. The number of nitro benzene ring substituents is 2. The van der Waals surface area contributed by atoms with E-state index < -0.39 is 15.8 Å².